The summed E-state index contributed by atoms with van der Waals surface area (Å²) >= 11 is 0. The van der Waals surface area contributed by atoms with Crippen LogP contribution in [0.2, 0.25) is 0 Å². The summed E-state index contributed by atoms with van der Waals surface area (Å²) in [5, 5.41) is 4.26. The maximum atomic E-state index is 13.8. The number of benzene rings is 2. The van der Waals surface area contributed by atoms with Crippen LogP contribution in [0.15, 0.2) is 59.4 Å². The minimum atomic E-state index is -0.582. The molecule has 128 valence electrons. The van der Waals surface area contributed by atoms with E-state index >= 15 is 0 Å². The maximum Gasteiger partial charge on any atom is 0.267 e. The first-order valence-electron chi connectivity index (χ1n) is 7.82. The lowest BCUT2D eigenvalue weighted by molar-refractivity contribution is 0.340. The molecule has 0 atom stereocenters. The van der Waals surface area contributed by atoms with E-state index < -0.39 is 17.2 Å². The van der Waals surface area contributed by atoms with E-state index in [0.29, 0.717) is 12.3 Å². The molecule has 0 saturated heterocycles. The van der Waals surface area contributed by atoms with Gasteiger partial charge in [-0.25, -0.2) is 13.5 Å². The van der Waals surface area contributed by atoms with Crippen LogP contribution in [-0.2, 0) is 6.54 Å². The minimum absolute atomic E-state index is 0.0680. The fraction of sp³-hybridized carbons (Fsp3) is 0.158. The van der Waals surface area contributed by atoms with Gasteiger partial charge in [-0.05, 0) is 55.5 Å². The first-order chi connectivity index (χ1) is 12.1. The third-order valence-corrected chi connectivity index (χ3v) is 3.66. The van der Waals surface area contributed by atoms with Gasteiger partial charge in [0, 0.05) is 17.2 Å². The molecule has 0 saturated carbocycles. The molecule has 2 aromatic carbocycles. The Hall–Kier alpha value is -3.02. The van der Waals surface area contributed by atoms with E-state index in [2.05, 4.69) is 5.10 Å². The molecule has 0 fully saturated rings. The van der Waals surface area contributed by atoms with Crippen molar-refractivity contribution in [2.24, 2.45) is 0 Å². The molecule has 0 aliphatic carbocycles. The molecule has 1 aromatic heterocycles. The number of nitrogens with zero attached hydrogens (tertiary/aromatic N) is 2. The third-order valence-electron chi connectivity index (χ3n) is 3.66. The van der Waals surface area contributed by atoms with Crippen molar-refractivity contribution in [3.05, 3.63) is 82.1 Å². The fourth-order valence-electron chi connectivity index (χ4n) is 2.43. The molecular weight excluding hydrogens is 326 g/mol. The molecule has 0 aliphatic rings. The fourth-order valence-corrected chi connectivity index (χ4v) is 2.43. The summed E-state index contributed by atoms with van der Waals surface area (Å²) in [5.41, 5.74) is 1.02. The number of hydrogen-bond acceptors (Lipinski definition) is 3. The van der Waals surface area contributed by atoms with Crippen molar-refractivity contribution in [3.8, 4) is 17.0 Å². The van der Waals surface area contributed by atoms with Crippen LogP contribution < -0.4 is 10.3 Å². The molecule has 0 bridgehead atoms. The number of hydrogen-bond donors (Lipinski definition) is 0. The number of rotatable bonds is 5. The Kier molecular flexibility index (Phi) is 4.88. The molecule has 0 amide bonds. The number of halogens is 2. The zero-order valence-electron chi connectivity index (χ0n) is 13.6. The second-order valence-electron chi connectivity index (χ2n) is 5.41. The second kappa shape index (κ2) is 7.25. The first kappa shape index (κ1) is 16.8. The van der Waals surface area contributed by atoms with Crippen LogP contribution in [0.3, 0.4) is 0 Å². The number of ether oxygens (including phenoxy) is 1. The van der Waals surface area contributed by atoms with E-state index in [9.17, 15) is 13.6 Å². The van der Waals surface area contributed by atoms with E-state index in [-0.39, 0.29) is 12.1 Å². The van der Waals surface area contributed by atoms with Gasteiger partial charge < -0.3 is 4.74 Å². The van der Waals surface area contributed by atoms with E-state index in [4.69, 9.17) is 4.74 Å². The predicted octanol–water partition coefficient (Wildman–Crippen LogP) is 3.64. The molecule has 0 unspecified atom stereocenters. The van der Waals surface area contributed by atoms with Crippen molar-refractivity contribution in [3.63, 3.8) is 0 Å². The topological polar surface area (TPSA) is 44.1 Å². The van der Waals surface area contributed by atoms with Gasteiger partial charge in [0.05, 0.1) is 18.8 Å². The highest BCUT2D eigenvalue weighted by Gasteiger charge is 2.09. The summed E-state index contributed by atoms with van der Waals surface area (Å²) in [5.74, 6) is -0.407. The van der Waals surface area contributed by atoms with Gasteiger partial charge >= 0.3 is 0 Å². The summed E-state index contributed by atoms with van der Waals surface area (Å²) in [4.78, 5) is 12.0. The van der Waals surface area contributed by atoms with Crippen LogP contribution in [-0.4, -0.2) is 16.4 Å². The molecule has 6 heteroatoms. The normalized spacial score (nSPS) is 10.7. The Morgan fingerprint density at radius 3 is 2.52 bits per heavy atom. The van der Waals surface area contributed by atoms with Crippen molar-refractivity contribution in [1.29, 1.82) is 0 Å². The molecule has 0 radical (unpaired) electrons. The van der Waals surface area contributed by atoms with Crippen LogP contribution >= 0.6 is 0 Å². The summed E-state index contributed by atoms with van der Waals surface area (Å²) in [7, 11) is 0. The smallest absolute Gasteiger partial charge is 0.267 e. The SMILES string of the molecule is CCOc1ccc(-c2ccc(=O)n(Cc3cc(F)ccc3F)n2)cc1. The lowest BCUT2D eigenvalue weighted by atomic mass is 10.1. The van der Waals surface area contributed by atoms with Crippen LogP contribution in [0, 0.1) is 11.6 Å². The quantitative estimate of drug-likeness (QED) is 0.711. The van der Waals surface area contributed by atoms with Gasteiger partial charge in [-0.3, -0.25) is 4.79 Å². The molecule has 4 nitrogen and oxygen atoms in total. The molecule has 3 aromatic rings. The lowest BCUT2D eigenvalue weighted by Crippen LogP contribution is -2.23. The lowest BCUT2D eigenvalue weighted by Gasteiger charge is -2.09. The highest BCUT2D eigenvalue weighted by atomic mass is 19.1. The summed E-state index contributed by atoms with van der Waals surface area (Å²) < 4.78 is 33.6. The average Bonchev–Trinajstić information content (AvgIpc) is 2.61. The Labute approximate surface area is 143 Å². The average molecular weight is 342 g/mol. The van der Waals surface area contributed by atoms with Crippen molar-refractivity contribution in [1.82, 2.24) is 9.78 Å². The summed E-state index contributed by atoms with van der Waals surface area (Å²) in [6.45, 7) is 2.33. The van der Waals surface area contributed by atoms with Gasteiger partial charge in [-0.15, -0.1) is 0 Å². The molecule has 0 aliphatic heterocycles. The Morgan fingerprint density at radius 2 is 1.80 bits per heavy atom. The van der Waals surface area contributed by atoms with Gasteiger partial charge in [-0.2, -0.15) is 5.10 Å². The molecule has 1 heterocycles. The molecule has 0 spiro atoms. The molecule has 0 N–H and O–H groups in total. The zero-order valence-corrected chi connectivity index (χ0v) is 13.6. The van der Waals surface area contributed by atoms with E-state index in [1.54, 1.807) is 6.07 Å². The van der Waals surface area contributed by atoms with Crippen LogP contribution in [0.25, 0.3) is 11.3 Å². The first-order valence-corrected chi connectivity index (χ1v) is 7.82. The highest BCUT2D eigenvalue weighted by Crippen LogP contribution is 2.20. The maximum absolute atomic E-state index is 13.8. The number of aromatic nitrogens is 2. The van der Waals surface area contributed by atoms with Gasteiger partial charge in [0.1, 0.15) is 17.4 Å². The van der Waals surface area contributed by atoms with Gasteiger partial charge in [0.25, 0.3) is 5.56 Å². The second-order valence-corrected chi connectivity index (χ2v) is 5.41. The van der Waals surface area contributed by atoms with Crippen LogP contribution in [0.1, 0.15) is 12.5 Å². The van der Waals surface area contributed by atoms with Gasteiger partial charge in [0.2, 0.25) is 0 Å². The standard InChI is InChI=1S/C19H16F2N2O2/c1-2-25-16-6-3-13(4-7-16)18-9-10-19(24)23(22-18)12-14-11-15(20)5-8-17(14)21/h3-11H,2,12H2,1H3. The van der Waals surface area contributed by atoms with E-state index in [0.717, 1.165) is 34.2 Å². The summed E-state index contributed by atoms with van der Waals surface area (Å²) in [6, 6.07) is 13.3. The predicted molar refractivity (Wildman–Crippen MR) is 90.6 cm³/mol. The third kappa shape index (κ3) is 3.91. The van der Waals surface area contributed by atoms with Crippen molar-refractivity contribution < 1.29 is 13.5 Å². The highest BCUT2D eigenvalue weighted by molar-refractivity contribution is 5.59. The minimum Gasteiger partial charge on any atom is -0.494 e. The van der Waals surface area contributed by atoms with Crippen LogP contribution in [0.4, 0.5) is 8.78 Å². The van der Waals surface area contributed by atoms with Gasteiger partial charge in [0.15, 0.2) is 0 Å². The largest absolute Gasteiger partial charge is 0.494 e. The Morgan fingerprint density at radius 1 is 1.04 bits per heavy atom. The monoisotopic (exact) mass is 342 g/mol. The molecule has 3 rings (SSSR count). The molecule has 25 heavy (non-hydrogen) atoms. The zero-order chi connectivity index (χ0) is 17.8. The summed E-state index contributed by atoms with van der Waals surface area (Å²) in [6.07, 6.45) is 0. The molecular formula is C19H16F2N2O2. The van der Waals surface area contributed by atoms with E-state index in [1.807, 2.05) is 31.2 Å². The van der Waals surface area contributed by atoms with Gasteiger partial charge in [-0.1, -0.05) is 0 Å². The van der Waals surface area contributed by atoms with Crippen LogP contribution in [0.5, 0.6) is 5.75 Å². The van der Waals surface area contributed by atoms with Crippen molar-refractivity contribution in [2.45, 2.75) is 13.5 Å². The van der Waals surface area contributed by atoms with Crippen molar-refractivity contribution in [2.75, 3.05) is 6.61 Å². The Bertz CT molecular complexity index is 937. The Balaban J connectivity index is 1.92. The van der Waals surface area contributed by atoms with E-state index in [1.165, 1.54) is 6.07 Å². The van der Waals surface area contributed by atoms with Crippen molar-refractivity contribution >= 4 is 0 Å².